The lowest BCUT2D eigenvalue weighted by Gasteiger charge is -2.09. The van der Waals surface area contributed by atoms with Gasteiger partial charge < -0.3 is 5.32 Å². The zero-order valence-electron chi connectivity index (χ0n) is 12.0. The van der Waals surface area contributed by atoms with Crippen molar-refractivity contribution in [1.82, 2.24) is 10.0 Å². The molecule has 1 heterocycles. The summed E-state index contributed by atoms with van der Waals surface area (Å²) in [5, 5.41) is 3.28. The van der Waals surface area contributed by atoms with E-state index in [4.69, 9.17) is 0 Å². The maximum absolute atomic E-state index is 11.8. The van der Waals surface area contributed by atoms with Crippen LogP contribution in [0.25, 0.3) is 0 Å². The lowest BCUT2D eigenvalue weighted by molar-refractivity contribution is 0.561. The minimum atomic E-state index is -3.15. The number of nitrogens with one attached hydrogen (secondary N) is 2. The first-order valence-corrected chi connectivity index (χ1v) is 8.40. The molecule has 2 N–H and O–H groups in total. The van der Waals surface area contributed by atoms with E-state index in [0.717, 1.165) is 18.7 Å². The van der Waals surface area contributed by atoms with Crippen molar-refractivity contribution < 1.29 is 8.42 Å². The first-order chi connectivity index (χ1) is 8.96. The summed E-state index contributed by atoms with van der Waals surface area (Å²) in [6, 6.07) is 6.16. The normalized spacial score (nSPS) is 14.2. The van der Waals surface area contributed by atoms with Crippen molar-refractivity contribution in [3.63, 3.8) is 0 Å². The lowest BCUT2D eigenvalue weighted by Crippen LogP contribution is -2.26. The van der Waals surface area contributed by atoms with Crippen LogP contribution >= 0.6 is 12.4 Å². The van der Waals surface area contributed by atoms with Gasteiger partial charge in [-0.3, -0.25) is 0 Å². The summed E-state index contributed by atoms with van der Waals surface area (Å²) in [6.07, 6.45) is 0.698. The number of hydrogen-bond acceptors (Lipinski definition) is 3. The highest BCUT2D eigenvalue weighted by Crippen LogP contribution is 2.17. The van der Waals surface area contributed by atoms with E-state index in [9.17, 15) is 8.42 Å². The van der Waals surface area contributed by atoms with Crippen molar-refractivity contribution in [3.8, 4) is 0 Å². The molecule has 1 aromatic carbocycles. The van der Waals surface area contributed by atoms with Gasteiger partial charge in [-0.2, -0.15) is 0 Å². The van der Waals surface area contributed by atoms with Crippen LogP contribution in [0.5, 0.6) is 0 Å². The fourth-order valence-electron chi connectivity index (χ4n) is 2.11. The molecule has 20 heavy (non-hydrogen) atoms. The fourth-order valence-corrected chi connectivity index (χ4v) is 3.43. The monoisotopic (exact) mass is 318 g/mol. The lowest BCUT2D eigenvalue weighted by atomic mass is 10.1. The largest absolute Gasteiger partial charge is 0.309 e. The van der Waals surface area contributed by atoms with E-state index in [1.54, 1.807) is 0 Å². The molecule has 1 aliphatic rings. The van der Waals surface area contributed by atoms with Gasteiger partial charge in [-0.15, -0.1) is 12.4 Å². The van der Waals surface area contributed by atoms with Crippen molar-refractivity contribution in [2.24, 2.45) is 5.92 Å². The summed E-state index contributed by atoms with van der Waals surface area (Å²) in [5.41, 5.74) is 3.61. The summed E-state index contributed by atoms with van der Waals surface area (Å²) in [5.74, 6) is 0.611. The van der Waals surface area contributed by atoms with E-state index >= 15 is 0 Å². The molecule has 0 radical (unpaired) electrons. The Balaban J connectivity index is 0.00000200. The Bertz CT molecular complexity index is 544. The molecule has 1 aliphatic heterocycles. The maximum atomic E-state index is 11.8. The smallest absolute Gasteiger partial charge is 0.211 e. The van der Waals surface area contributed by atoms with Crippen LogP contribution in [0.15, 0.2) is 18.2 Å². The van der Waals surface area contributed by atoms with Gasteiger partial charge >= 0.3 is 0 Å². The van der Waals surface area contributed by atoms with E-state index in [1.807, 2.05) is 19.9 Å². The van der Waals surface area contributed by atoms with Crippen molar-refractivity contribution in [2.45, 2.75) is 39.9 Å². The molecule has 114 valence electrons. The Morgan fingerprint density at radius 2 is 1.95 bits per heavy atom. The van der Waals surface area contributed by atoms with Gasteiger partial charge in [0.1, 0.15) is 0 Å². The molecule has 0 amide bonds. The SMILES string of the molecule is CC(C)CCS(=O)(=O)NCc1ccc2c(c1)CNC2.Cl. The zero-order valence-corrected chi connectivity index (χ0v) is 13.6. The van der Waals surface area contributed by atoms with E-state index in [0.29, 0.717) is 18.9 Å². The Kier molecular flexibility index (Phi) is 6.45. The van der Waals surface area contributed by atoms with Crippen molar-refractivity contribution in [1.29, 1.82) is 0 Å². The van der Waals surface area contributed by atoms with Gasteiger partial charge in [0.25, 0.3) is 0 Å². The number of fused-ring (bicyclic) bond motifs is 1. The molecule has 0 aromatic heterocycles. The third kappa shape index (κ3) is 5.05. The van der Waals surface area contributed by atoms with Gasteiger partial charge in [-0.1, -0.05) is 32.0 Å². The minimum absolute atomic E-state index is 0. The van der Waals surface area contributed by atoms with Crippen molar-refractivity contribution >= 4 is 22.4 Å². The second-order valence-electron chi connectivity index (χ2n) is 5.53. The minimum Gasteiger partial charge on any atom is -0.309 e. The van der Waals surface area contributed by atoms with Gasteiger partial charge in [-0.05, 0) is 29.0 Å². The van der Waals surface area contributed by atoms with Gasteiger partial charge in [0, 0.05) is 19.6 Å². The first kappa shape index (κ1) is 17.4. The molecular formula is C14H23ClN2O2S. The molecule has 2 rings (SSSR count). The number of rotatable bonds is 6. The van der Waals surface area contributed by atoms with Crippen LogP contribution < -0.4 is 10.0 Å². The summed E-state index contributed by atoms with van der Waals surface area (Å²) < 4.78 is 26.3. The van der Waals surface area contributed by atoms with E-state index in [-0.39, 0.29) is 18.2 Å². The van der Waals surface area contributed by atoms with Crippen LogP contribution in [-0.4, -0.2) is 14.2 Å². The second kappa shape index (κ2) is 7.41. The molecule has 0 saturated heterocycles. The Hall–Kier alpha value is -0.620. The highest BCUT2D eigenvalue weighted by molar-refractivity contribution is 7.89. The Labute approximate surface area is 127 Å². The number of benzene rings is 1. The van der Waals surface area contributed by atoms with Crippen LogP contribution in [-0.2, 0) is 29.7 Å². The van der Waals surface area contributed by atoms with E-state index in [2.05, 4.69) is 22.2 Å². The van der Waals surface area contributed by atoms with Crippen LogP contribution in [0.4, 0.5) is 0 Å². The van der Waals surface area contributed by atoms with Gasteiger partial charge in [0.05, 0.1) is 5.75 Å². The molecule has 6 heteroatoms. The summed E-state index contributed by atoms with van der Waals surface area (Å²) in [7, 11) is -3.15. The third-order valence-electron chi connectivity index (χ3n) is 3.36. The molecule has 0 unspecified atom stereocenters. The number of hydrogen-bond donors (Lipinski definition) is 2. The second-order valence-corrected chi connectivity index (χ2v) is 7.46. The molecule has 0 saturated carbocycles. The summed E-state index contributed by atoms with van der Waals surface area (Å²) in [6.45, 7) is 6.23. The molecule has 1 aromatic rings. The van der Waals surface area contributed by atoms with Crippen molar-refractivity contribution in [3.05, 3.63) is 34.9 Å². The molecule has 4 nitrogen and oxygen atoms in total. The molecule has 0 spiro atoms. The standard InChI is InChI=1S/C14H22N2O2S.ClH/c1-11(2)5-6-19(17,18)16-8-12-3-4-13-9-15-10-14(13)7-12;/h3-4,7,11,15-16H,5-6,8-10H2,1-2H3;1H. The van der Waals surface area contributed by atoms with Gasteiger partial charge in [-0.25, -0.2) is 13.1 Å². The molecule has 0 bridgehead atoms. The summed E-state index contributed by atoms with van der Waals surface area (Å²) >= 11 is 0. The zero-order chi connectivity index (χ0) is 13.9. The molecule has 0 aliphatic carbocycles. The van der Waals surface area contributed by atoms with Crippen LogP contribution in [0.2, 0.25) is 0 Å². The molecular weight excluding hydrogens is 296 g/mol. The quantitative estimate of drug-likeness (QED) is 0.845. The Morgan fingerprint density at radius 1 is 1.25 bits per heavy atom. The topological polar surface area (TPSA) is 58.2 Å². The number of sulfonamides is 1. The van der Waals surface area contributed by atoms with E-state index < -0.39 is 10.0 Å². The van der Waals surface area contributed by atoms with Gasteiger partial charge in [0.15, 0.2) is 0 Å². The van der Waals surface area contributed by atoms with Crippen LogP contribution in [0.3, 0.4) is 0 Å². The average Bonchev–Trinajstić information content (AvgIpc) is 2.81. The Morgan fingerprint density at radius 3 is 2.65 bits per heavy atom. The third-order valence-corrected chi connectivity index (χ3v) is 4.72. The average molecular weight is 319 g/mol. The predicted octanol–water partition coefficient (Wildman–Crippen LogP) is 2.18. The van der Waals surface area contributed by atoms with Crippen LogP contribution in [0.1, 0.15) is 37.0 Å². The molecule has 0 fully saturated rings. The molecule has 0 atom stereocenters. The number of halogens is 1. The fraction of sp³-hybridized carbons (Fsp3) is 0.571. The highest BCUT2D eigenvalue weighted by Gasteiger charge is 2.13. The summed E-state index contributed by atoms with van der Waals surface area (Å²) in [4.78, 5) is 0. The predicted molar refractivity (Wildman–Crippen MR) is 84.3 cm³/mol. The van der Waals surface area contributed by atoms with Crippen LogP contribution in [0, 0.1) is 5.92 Å². The van der Waals surface area contributed by atoms with Crippen molar-refractivity contribution in [2.75, 3.05) is 5.75 Å². The highest BCUT2D eigenvalue weighted by atomic mass is 35.5. The first-order valence-electron chi connectivity index (χ1n) is 6.75. The maximum Gasteiger partial charge on any atom is 0.211 e. The van der Waals surface area contributed by atoms with E-state index in [1.165, 1.54) is 11.1 Å². The van der Waals surface area contributed by atoms with Gasteiger partial charge in [0.2, 0.25) is 10.0 Å².